The molecule has 1 amide bonds. The highest BCUT2D eigenvalue weighted by Gasteiger charge is 2.34. The molecule has 1 atom stereocenters. The van der Waals surface area contributed by atoms with Gasteiger partial charge in [-0.2, -0.15) is 4.31 Å². The van der Waals surface area contributed by atoms with Gasteiger partial charge in [0.2, 0.25) is 15.9 Å². The molecule has 1 heterocycles. The van der Waals surface area contributed by atoms with Gasteiger partial charge in [-0.3, -0.25) is 4.79 Å². The van der Waals surface area contributed by atoms with Crippen molar-refractivity contribution in [3.63, 3.8) is 0 Å². The first-order chi connectivity index (χ1) is 11.9. The smallest absolute Gasteiger partial charge is 0.243 e. The summed E-state index contributed by atoms with van der Waals surface area (Å²) < 4.78 is 27.2. The van der Waals surface area contributed by atoms with E-state index >= 15 is 0 Å². The molecule has 1 aliphatic carbocycles. The molecule has 1 aromatic rings. The number of hydrogen-bond donors (Lipinski definition) is 0. The molecule has 0 N–H and O–H groups in total. The lowest BCUT2D eigenvalue weighted by Gasteiger charge is -2.37. The summed E-state index contributed by atoms with van der Waals surface area (Å²) >= 11 is 0. The van der Waals surface area contributed by atoms with Crippen LogP contribution in [0.2, 0.25) is 0 Å². The maximum atomic E-state index is 12.8. The van der Waals surface area contributed by atoms with Gasteiger partial charge in [0.05, 0.1) is 4.90 Å². The van der Waals surface area contributed by atoms with E-state index in [1.165, 1.54) is 4.31 Å². The maximum absolute atomic E-state index is 12.8. The number of hydrogen-bond acceptors (Lipinski definition) is 3. The summed E-state index contributed by atoms with van der Waals surface area (Å²) in [5, 5.41) is 0. The van der Waals surface area contributed by atoms with Crippen LogP contribution in [0.5, 0.6) is 0 Å². The number of amides is 1. The van der Waals surface area contributed by atoms with Crippen LogP contribution in [0, 0.1) is 5.92 Å². The number of nitrogens with zero attached hydrogens (tertiary/aromatic N) is 2. The third-order valence-electron chi connectivity index (χ3n) is 5.70. The summed E-state index contributed by atoms with van der Waals surface area (Å²) in [7, 11) is -3.48. The summed E-state index contributed by atoms with van der Waals surface area (Å²) in [6, 6.07) is 7.25. The number of carbonyl (C=O) groups excluding carboxylic acids is 1. The Balaban J connectivity index is 1.64. The fourth-order valence-electron chi connectivity index (χ4n) is 3.42. The van der Waals surface area contributed by atoms with Crippen molar-refractivity contribution in [2.24, 2.45) is 5.92 Å². The van der Waals surface area contributed by atoms with Crippen LogP contribution < -0.4 is 0 Å². The Bertz CT molecular complexity index is 703. The molecule has 0 bridgehead atoms. The number of benzene rings is 1. The van der Waals surface area contributed by atoms with Gasteiger partial charge in [0.15, 0.2) is 0 Å². The largest absolute Gasteiger partial charge is 0.340 e. The fraction of sp³-hybridized carbons (Fsp3) is 0.632. The van der Waals surface area contributed by atoms with Crippen molar-refractivity contribution in [3.05, 3.63) is 29.8 Å². The summed E-state index contributed by atoms with van der Waals surface area (Å²) in [5.41, 5.74) is 1.16. The summed E-state index contributed by atoms with van der Waals surface area (Å²) in [6.07, 6.45) is 4.14. The van der Waals surface area contributed by atoms with Crippen molar-refractivity contribution >= 4 is 15.9 Å². The first-order valence-electron chi connectivity index (χ1n) is 9.32. The maximum Gasteiger partial charge on any atom is 0.243 e. The highest BCUT2D eigenvalue weighted by atomic mass is 32.2. The molecule has 0 unspecified atom stereocenters. The monoisotopic (exact) mass is 364 g/mol. The van der Waals surface area contributed by atoms with Gasteiger partial charge in [-0.1, -0.05) is 32.4 Å². The van der Waals surface area contributed by atoms with Gasteiger partial charge in [0, 0.05) is 32.1 Å². The second kappa shape index (κ2) is 7.46. The average molecular weight is 365 g/mol. The molecule has 0 spiro atoms. The third-order valence-corrected chi connectivity index (χ3v) is 7.62. The number of piperazine rings is 1. The number of rotatable bonds is 5. The SMILES string of the molecule is CC[C@H](C)c1ccc(S(=O)(=O)N2CCN(C(=O)C3CCC3)CC2)cc1. The van der Waals surface area contributed by atoms with Crippen molar-refractivity contribution in [2.75, 3.05) is 26.2 Å². The Kier molecular flexibility index (Phi) is 5.49. The molecule has 1 aliphatic heterocycles. The number of sulfonamides is 1. The molecule has 1 aromatic carbocycles. The van der Waals surface area contributed by atoms with Gasteiger partial charge >= 0.3 is 0 Å². The zero-order chi connectivity index (χ0) is 18.0. The van der Waals surface area contributed by atoms with Gasteiger partial charge in [0.1, 0.15) is 0 Å². The van der Waals surface area contributed by atoms with Crippen LogP contribution in [0.3, 0.4) is 0 Å². The molecule has 0 aromatic heterocycles. The van der Waals surface area contributed by atoms with Crippen LogP contribution in [-0.2, 0) is 14.8 Å². The lowest BCUT2D eigenvalue weighted by Crippen LogP contribution is -2.52. The molecule has 1 saturated carbocycles. The minimum Gasteiger partial charge on any atom is -0.340 e. The standard InChI is InChI=1S/C19H28N2O3S/c1-3-15(2)16-7-9-18(10-8-16)25(23,24)21-13-11-20(12-14-21)19(22)17-5-4-6-17/h7-10,15,17H,3-6,11-14H2,1-2H3/t15-/m0/s1. The molecular formula is C19H28N2O3S. The van der Waals surface area contributed by atoms with Crippen LogP contribution in [-0.4, -0.2) is 49.7 Å². The lowest BCUT2D eigenvalue weighted by atomic mass is 9.84. The molecule has 2 fully saturated rings. The van der Waals surface area contributed by atoms with Gasteiger partial charge in [0.25, 0.3) is 0 Å². The zero-order valence-corrected chi connectivity index (χ0v) is 16.0. The van der Waals surface area contributed by atoms with E-state index in [0.717, 1.165) is 31.2 Å². The van der Waals surface area contributed by atoms with Crippen LogP contribution in [0.4, 0.5) is 0 Å². The topological polar surface area (TPSA) is 57.7 Å². The van der Waals surface area contributed by atoms with Crippen LogP contribution >= 0.6 is 0 Å². The van der Waals surface area contributed by atoms with Crippen LogP contribution in [0.25, 0.3) is 0 Å². The number of carbonyl (C=O) groups is 1. The second-order valence-corrected chi connectivity index (χ2v) is 9.17. The van der Waals surface area contributed by atoms with Crippen molar-refractivity contribution in [1.29, 1.82) is 0 Å². The minimum atomic E-state index is -3.48. The Morgan fingerprint density at radius 2 is 1.72 bits per heavy atom. The van der Waals surface area contributed by atoms with E-state index in [1.54, 1.807) is 12.1 Å². The predicted octanol–water partition coefficient (Wildman–Crippen LogP) is 2.83. The van der Waals surface area contributed by atoms with Gasteiger partial charge in [-0.15, -0.1) is 0 Å². The summed E-state index contributed by atoms with van der Waals surface area (Å²) in [6.45, 7) is 6.03. The normalized spacial score (nSPS) is 21.0. The van der Waals surface area contributed by atoms with Gasteiger partial charge in [-0.25, -0.2) is 8.42 Å². The van der Waals surface area contributed by atoms with Crippen molar-refractivity contribution < 1.29 is 13.2 Å². The predicted molar refractivity (Wildman–Crippen MR) is 97.8 cm³/mol. The molecule has 2 aliphatic rings. The van der Waals surface area contributed by atoms with Crippen molar-refractivity contribution in [2.45, 2.75) is 50.3 Å². The molecule has 3 rings (SSSR count). The van der Waals surface area contributed by atoms with E-state index < -0.39 is 10.0 Å². The van der Waals surface area contributed by atoms with Gasteiger partial charge < -0.3 is 4.90 Å². The third kappa shape index (κ3) is 3.75. The van der Waals surface area contributed by atoms with Crippen molar-refractivity contribution in [1.82, 2.24) is 9.21 Å². The molecule has 138 valence electrons. The van der Waals surface area contributed by atoms with E-state index in [-0.39, 0.29) is 11.8 Å². The molecule has 0 radical (unpaired) electrons. The van der Waals surface area contributed by atoms with E-state index in [0.29, 0.717) is 37.0 Å². The first kappa shape index (κ1) is 18.4. The zero-order valence-electron chi connectivity index (χ0n) is 15.1. The molecule has 5 nitrogen and oxygen atoms in total. The van der Waals surface area contributed by atoms with Crippen LogP contribution in [0.15, 0.2) is 29.2 Å². The molecule has 25 heavy (non-hydrogen) atoms. The highest BCUT2D eigenvalue weighted by molar-refractivity contribution is 7.89. The van der Waals surface area contributed by atoms with Crippen molar-refractivity contribution in [3.8, 4) is 0 Å². The second-order valence-electron chi connectivity index (χ2n) is 7.24. The Labute approximate surface area is 151 Å². The Morgan fingerprint density at radius 3 is 2.20 bits per heavy atom. The first-order valence-corrected chi connectivity index (χ1v) is 10.8. The molecule has 1 saturated heterocycles. The van der Waals surface area contributed by atoms with E-state index in [4.69, 9.17) is 0 Å². The quantitative estimate of drug-likeness (QED) is 0.807. The molecule has 6 heteroatoms. The van der Waals surface area contributed by atoms with E-state index in [9.17, 15) is 13.2 Å². The Morgan fingerprint density at radius 1 is 1.12 bits per heavy atom. The minimum absolute atomic E-state index is 0.177. The average Bonchev–Trinajstić information content (AvgIpc) is 2.59. The van der Waals surface area contributed by atoms with E-state index in [2.05, 4.69) is 13.8 Å². The van der Waals surface area contributed by atoms with E-state index in [1.807, 2.05) is 17.0 Å². The fourth-order valence-corrected chi connectivity index (χ4v) is 4.84. The van der Waals surface area contributed by atoms with Crippen LogP contribution in [0.1, 0.15) is 51.0 Å². The Hall–Kier alpha value is -1.40. The highest BCUT2D eigenvalue weighted by Crippen LogP contribution is 2.29. The summed E-state index contributed by atoms with van der Waals surface area (Å²) in [4.78, 5) is 14.5. The molecular weight excluding hydrogens is 336 g/mol. The van der Waals surface area contributed by atoms with Gasteiger partial charge in [-0.05, 0) is 42.9 Å². The summed E-state index contributed by atoms with van der Waals surface area (Å²) in [5.74, 6) is 0.815. The lowest BCUT2D eigenvalue weighted by molar-refractivity contribution is -0.139.